The summed E-state index contributed by atoms with van der Waals surface area (Å²) < 4.78 is 16.8. The van der Waals surface area contributed by atoms with E-state index in [9.17, 15) is 14.4 Å². The Hall–Kier alpha value is -3.93. The molecule has 0 aliphatic carbocycles. The lowest BCUT2D eigenvalue weighted by atomic mass is 10.1. The monoisotopic (exact) mass is 929 g/mol. The summed E-state index contributed by atoms with van der Waals surface area (Å²) in [6, 6.07) is 0. The number of hydrogen-bond donors (Lipinski definition) is 0. The summed E-state index contributed by atoms with van der Waals surface area (Å²) in [7, 11) is 0. The average Bonchev–Trinajstić information content (AvgIpc) is 3.33. The lowest BCUT2D eigenvalue weighted by Crippen LogP contribution is -2.30. The predicted molar refractivity (Wildman–Crippen MR) is 288 cm³/mol. The van der Waals surface area contributed by atoms with Gasteiger partial charge in [-0.1, -0.05) is 220 Å². The van der Waals surface area contributed by atoms with Gasteiger partial charge in [-0.3, -0.25) is 14.4 Å². The zero-order valence-electron chi connectivity index (χ0n) is 43.4. The second kappa shape index (κ2) is 54.7. The van der Waals surface area contributed by atoms with Crippen LogP contribution in [0.1, 0.15) is 239 Å². The van der Waals surface area contributed by atoms with Crippen LogP contribution in [-0.4, -0.2) is 37.2 Å². The molecule has 0 aliphatic rings. The smallest absolute Gasteiger partial charge is 0.306 e. The van der Waals surface area contributed by atoms with E-state index in [-0.39, 0.29) is 37.5 Å². The van der Waals surface area contributed by atoms with Gasteiger partial charge in [-0.25, -0.2) is 0 Å². The van der Waals surface area contributed by atoms with Gasteiger partial charge in [0.2, 0.25) is 0 Å². The first-order valence-corrected chi connectivity index (χ1v) is 27.4. The van der Waals surface area contributed by atoms with E-state index in [0.29, 0.717) is 19.3 Å². The maximum atomic E-state index is 12.8. The van der Waals surface area contributed by atoms with Crippen LogP contribution in [0.5, 0.6) is 0 Å². The summed E-state index contributed by atoms with van der Waals surface area (Å²) in [5.74, 6) is -0.970. The van der Waals surface area contributed by atoms with Gasteiger partial charge in [-0.15, -0.1) is 0 Å². The molecule has 0 aromatic heterocycles. The third-order valence-corrected chi connectivity index (χ3v) is 11.3. The van der Waals surface area contributed by atoms with Gasteiger partial charge in [0.1, 0.15) is 13.2 Å². The van der Waals surface area contributed by atoms with Crippen molar-refractivity contribution in [2.45, 2.75) is 245 Å². The van der Waals surface area contributed by atoms with Crippen molar-refractivity contribution < 1.29 is 28.6 Å². The van der Waals surface area contributed by atoms with Crippen molar-refractivity contribution in [2.75, 3.05) is 13.2 Å². The van der Waals surface area contributed by atoms with E-state index in [1.807, 2.05) is 0 Å². The molecule has 0 saturated carbocycles. The van der Waals surface area contributed by atoms with E-state index in [1.54, 1.807) is 0 Å². The largest absolute Gasteiger partial charge is 0.462 e. The number of carbonyl (C=O) groups is 3. The van der Waals surface area contributed by atoms with Crippen LogP contribution in [0, 0.1) is 0 Å². The second-order valence-electron chi connectivity index (χ2n) is 17.7. The van der Waals surface area contributed by atoms with Crippen molar-refractivity contribution in [3.63, 3.8) is 0 Å². The van der Waals surface area contributed by atoms with Crippen molar-refractivity contribution in [1.29, 1.82) is 0 Å². The first-order chi connectivity index (χ1) is 33.0. The molecule has 6 nitrogen and oxygen atoms in total. The minimum atomic E-state index is -0.805. The molecular weight excluding hydrogens is 829 g/mol. The Balaban J connectivity index is 4.39. The van der Waals surface area contributed by atoms with Gasteiger partial charge in [0.15, 0.2) is 6.10 Å². The van der Waals surface area contributed by atoms with Crippen LogP contribution in [-0.2, 0) is 28.6 Å². The Kier molecular flexibility index (Phi) is 51.5. The Morgan fingerprint density at radius 2 is 0.552 bits per heavy atom. The number of esters is 3. The van der Waals surface area contributed by atoms with Crippen molar-refractivity contribution in [3.8, 4) is 0 Å². The fourth-order valence-corrected chi connectivity index (χ4v) is 7.26. The van der Waals surface area contributed by atoms with Crippen LogP contribution in [0.15, 0.2) is 109 Å². The SMILES string of the molecule is CC/C=C\C/C=C\C/C=C\CCCCCCCCCCCC(=O)OCC(COC(=O)CCC/C=C\C/C=C\C/C=C\CC)OC(=O)CCCCCCCCCCC/C=C\C/C=C\C/C=C\CC. The van der Waals surface area contributed by atoms with E-state index < -0.39 is 6.10 Å². The molecule has 0 rings (SSSR count). The highest BCUT2D eigenvalue weighted by atomic mass is 16.6. The van der Waals surface area contributed by atoms with Crippen molar-refractivity contribution in [2.24, 2.45) is 0 Å². The van der Waals surface area contributed by atoms with Crippen LogP contribution in [0.3, 0.4) is 0 Å². The molecule has 0 N–H and O–H groups in total. The van der Waals surface area contributed by atoms with Crippen molar-refractivity contribution >= 4 is 17.9 Å². The van der Waals surface area contributed by atoms with Crippen LogP contribution in [0.4, 0.5) is 0 Å². The molecule has 0 saturated heterocycles. The van der Waals surface area contributed by atoms with Gasteiger partial charge in [0.25, 0.3) is 0 Å². The molecule has 67 heavy (non-hydrogen) atoms. The standard InChI is InChI=1S/C61H100O6/c1-4-7-10-13-16-19-22-24-26-28-30-32-34-36-39-42-45-48-51-54-60(63)66-57-58(56-65-59(62)53-50-47-44-41-38-21-18-15-12-9-6-3)67-61(64)55-52-49-46-43-40-37-35-33-31-29-27-25-23-20-17-14-11-8-5-2/h7-12,16-21,24-27,41,44,58H,4-6,13-15,22-23,28-40,42-43,45-57H2,1-3H3/b10-7-,11-8-,12-9-,19-16-,20-17-,21-18-,26-24-,27-25-,44-41-. The molecular formula is C61H100O6. The highest BCUT2D eigenvalue weighted by Crippen LogP contribution is 2.15. The third kappa shape index (κ3) is 52.9. The molecule has 0 aromatic rings. The molecule has 0 bridgehead atoms. The van der Waals surface area contributed by atoms with E-state index in [1.165, 1.54) is 83.5 Å². The minimum absolute atomic E-state index is 0.100. The number of rotatable bonds is 48. The van der Waals surface area contributed by atoms with E-state index in [0.717, 1.165) is 109 Å². The summed E-state index contributed by atoms with van der Waals surface area (Å²) in [6.07, 6.45) is 73.7. The van der Waals surface area contributed by atoms with Crippen LogP contribution < -0.4 is 0 Å². The van der Waals surface area contributed by atoms with Gasteiger partial charge in [0.05, 0.1) is 0 Å². The summed E-state index contributed by atoms with van der Waals surface area (Å²) in [6.45, 7) is 6.24. The summed E-state index contributed by atoms with van der Waals surface area (Å²) in [4.78, 5) is 38.0. The highest BCUT2D eigenvalue weighted by Gasteiger charge is 2.19. The number of allylic oxidation sites excluding steroid dienone is 18. The molecule has 6 heteroatoms. The molecule has 0 fully saturated rings. The maximum Gasteiger partial charge on any atom is 0.306 e. The first-order valence-electron chi connectivity index (χ1n) is 27.4. The van der Waals surface area contributed by atoms with E-state index >= 15 is 0 Å². The fraction of sp³-hybridized carbons (Fsp3) is 0.656. The molecule has 0 aromatic carbocycles. The van der Waals surface area contributed by atoms with Gasteiger partial charge in [-0.2, -0.15) is 0 Å². The summed E-state index contributed by atoms with van der Waals surface area (Å²) in [5, 5.41) is 0. The molecule has 380 valence electrons. The van der Waals surface area contributed by atoms with Crippen LogP contribution in [0.25, 0.3) is 0 Å². The maximum absolute atomic E-state index is 12.8. The van der Waals surface area contributed by atoms with Gasteiger partial charge in [-0.05, 0) is 109 Å². The summed E-state index contributed by atoms with van der Waals surface area (Å²) >= 11 is 0. The molecule has 0 aliphatic heterocycles. The Bertz CT molecular complexity index is 1390. The Morgan fingerprint density at radius 3 is 0.896 bits per heavy atom. The van der Waals surface area contributed by atoms with Gasteiger partial charge >= 0.3 is 17.9 Å². The van der Waals surface area contributed by atoms with Crippen LogP contribution >= 0.6 is 0 Å². The number of hydrogen-bond acceptors (Lipinski definition) is 6. The van der Waals surface area contributed by atoms with E-state index in [4.69, 9.17) is 14.2 Å². The van der Waals surface area contributed by atoms with Gasteiger partial charge < -0.3 is 14.2 Å². The molecule has 0 amide bonds. The minimum Gasteiger partial charge on any atom is -0.462 e. The Morgan fingerprint density at radius 1 is 0.299 bits per heavy atom. The van der Waals surface area contributed by atoms with Crippen molar-refractivity contribution in [1.82, 2.24) is 0 Å². The zero-order chi connectivity index (χ0) is 48.6. The second-order valence-corrected chi connectivity index (χ2v) is 17.7. The topological polar surface area (TPSA) is 78.9 Å². The molecule has 1 atom stereocenters. The fourth-order valence-electron chi connectivity index (χ4n) is 7.26. The predicted octanol–water partition coefficient (Wildman–Crippen LogP) is 18.3. The molecule has 1 unspecified atom stereocenters. The number of ether oxygens (including phenoxy) is 3. The highest BCUT2D eigenvalue weighted by molar-refractivity contribution is 5.71. The third-order valence-electron chi connectivity index (χ3n) is 11.3. The first kappa shape index (κ1) is 63.1. The molecule has 0 radical (unpaired) electrons. The van der Waals surface area contributed by atoms with Gasteiger partial charge in [0, 0.05) is 19.3 Å². The molecule has 0 heterocycles. The normalized spacial score (nSPS) is 12.9. The average molecular weight is 929 g/mol. The summed E-state index contributed by atoms with van der Waals surface area (Å²) in [5.41, 5.74) is 0. The lowest BCUT2D eigenvalue weighted by molar-refractivity contribution is -0.167. The quantitative estimate of drug-likeness (QED) is 0.0262. The van der Waals surface area contributed by atoms with Crippen LogP contribution in [0.2, 0.25) is 0 Å². The number of unbranched alkanes of at least 4 members (excludes halogenated alkanes) is 19. The molecule has 0 spiro atoms. The number of carbonyl (C=O) groups excluding carboxylic acids is 3. The van der Waals surface area contributed by atoms with Crippen molar-refractivity contribution in [3.05, 3.63) is 109 Å². The lowest BCUT2D eigenvalue weighted by Gasteiger charge is -2.18. The van der Waals surface area contributed by atoms with E-state index in [2.05, 4.69) is 130 Å². The zero-order valence-corrected chi connectivity index (χ0v) is 43.4. The Labute approximate surface area is 412 Å².